The first-order valence-electron chi connectivity index (χ1n) is 11.3. The average molecular weight is 456 g/mol. The van der Waals surface area contributed by atoms with Crippen LogP contribution in [0, 0.1) is 6.92 Å². The zero-order valence-corrected chi connectivity index (χ0v) is 19.1. The number of benzene rings is 2. The van der Waals surface area contributed by atoms with Gasteiger partial charge in [-0.1, -0.05) is 12.1 Å². The van der Waals surface area contributed by atoms with Crippen molar-refractivity contribution < 1.29 is 9.47 Å². The Kier molecular flexibility index (Phi) is 5.03. The van der Waals surface area contributed by atoms with Crippen LogP contribution in [0.2, 0.25) is 0 Å². The molecule has 3 aromatic heterocycles. The number of methoxy groups -OCH3 is 1. The summed E-state index contributed by atoms with van der Waals surface area (Å²) >= 11 is 0. The first-order chi connectivity index (χ1) is 16.7. The lowest BCUT2D eigenvalue weighted by Gasteiger charge is -2.30. The van der Waals surface area contributed by atoms with Crippen LogP contribution in [0.15, 0.2) is 55.1 Å². The normalized spacial score (nSPS) is 14.1. The number of anilines is 3. The van der Waals surface area contributed by atoms with E-state index in [9.17, 15) is 0 Å². The minimum atomic E-state index is 0.624. The SMILES string of the molecule is COc1cc(Nc2nc(-c3ccc4c(C)c[nH]c4c3)cn3cnnc23)ccc1N1CCOCC1. The Morgan fingerprint density at radius 3 is 2.85 bits per heavy atom. The highest BCUT2D eigenvalue weighted by atomic mass is 16.5. The second-order valence-electron chi connectivity index (χ2n) is 8.38. The molecular weight excluding hydrogens is 430 g/mol. The van der Waals surface area contributed by atoms with E-state index >= 15 is 0 Å². The molecule has 172 valence electrons. The first kappa shape index (κ1) is 20.5. The molecule has 0 bridgehead atoms. The fourth-order valence-electron chi connectivity index (χ4n) is 4.45. The summed E-state index contributed by atoms with van der Waals surface area (Å²) in [5.41, 5.74) is 6.70. The van der Waals surface area contributed by atoms with Crippen molar-refractivity contribution in [2.24, 2.45) is 0 Å². The van der Waals surface area contributed by atoms with E-state index < -0.39 is 0 Å². The molecule has 34 heavy (non-hydrogen) atoms. The van der Waals surface area contributed by atoms with Gasteiger partial charge in [-0.3, -0.25) is 4.40 Å². The summed E-state index contributed by atoms with van der Waals surface area (Å²) in [4.78, 5) is 10.5. The second kappa shape index (κ2) is 8.35. The summed E-state index contributed by atoms with van der Waals surface area (Å²) in [5, 5.41) is 13.0. The van der Waals surface area contributed by atoms with Gasteiger partial charge in [-0.2, -0.15) is 0 Å². The fraction of sp³-hybridized carbons (Fsp3) is 0.240. The van der Waals surface area contributed by atoms with Crippen LogP contribution in [-0.2, 0) is 4.74 Å². The topological polar surface area (TPSA) is 92.6 Å². The number of nitrogens with zero attached hydrogens (tertiary/aromatic N) is 5. The molecule has 0 amide bonds. The van der Waals surface area contributed by atoms with Gasteiger partial charge >= 0.3 is 0 Å². The highest BCUT2D eigenvalue weighted by Gasteiger charge is 2.17. The Morgan fingerprint density at radius 1 is 1.12 bits per heavy atom. The monoisotopic (exact) mass is 455 g/mol. The summed E-state index contributed by atoms with van der Waals surface area (Å²) in [6.45, 7) is 5.23. The Morgan fingerprint density at radius 2 is 2.00 bits per heavy atom. The molecule has 0 radical (unpaired) electrons. The predicted molar refractivity (Wildman–Crippen MR) is 132 cm³/mol. The van der Waals surface area contributed by atoms with Crippen LogP contribution in [0.25, 0.3) is 27.8 Å². The van der Waals surface area contributed by atoms with Crippen molar-refractivity contribution in [3.8, 4) is 17.0 Å². The van der Waals surface area contributed by atoms with Crippen molar-refractivity contribution >= 4 is 33.7 Å². The number of hydrogen-bond donors (Lipinski definition) is 2. The number of aromatic nitrogens is 5. The van der Waals surface area contributed by atoms with Crippen molar-refractivity contribution in [3.63, 3.8) is 0 Å². The third-order valence-corrected chi connectivity index (χ3v) is 6.26. The molecule has 0 spiro atoms. The Balaban J connectivity index is 1.37. The lowest BCUT2D eigenvalue weighted by molar-refractivity contribution is 0.122. The van der Waals surface area contributed by atoms with Gasteiger partial charge in [0.25, 0.3) is 0 Å². The summed E-state index contributed by atoms with van der Waals surface area (Å²) in [5.74, 6) is 1.42. The van der Waals surface area contributed by atoms with Crippen LogP contribution in [-0.4, -0.2) is 58.0 Å². The van der Waals surface area contributed by atoms with Crippen LogP contribution in [0.4, 0.5) is 17.2 Å². The molecule has 6 rings (SSSR count). The number of fused-ring (bicyclic) bond motifs is 2. The van der Waals surface area contributed by atoms with Crippen LogP contribution in [0.5, 0.6) is 5.75 Å². The zero-order chi connectivity index (χ0) is 23.1. The Labute approximate surface area is 196 Å². The fourth-order valence-corrected chi connectivity index (χ4v) is 4.45. The van der Waals surface area contributed by atoms with Gasteiger partial charge in [-0.15, -0.1) is 10.2 Å². The van der Waals surface area contributed by atoms with Crippen LogP contribution in [0.1, 0.15) is 5.56 Å². The molecule has 1 aliphatic heterocycles. The third-order valence-electron chi connectivity index (χ3n) is 6.26. The minimum Gasteiger partial charge on any atom is -0.495 e. The van der Waals surface area contributed by atoms with E-state index in [1.165, 1.54) is 10.9 Å². The highest BCUT2D eigenvalue weighted by molar-refractivity contribution is 5.87. The number of ether oxygens (including phenoxy) is 2. The summed E-state index contributed by atoms with van der Waals surface area (Å²) in [6.07, 6.45) is 5.65. The lowest BCUT2D eigenvalue weighted by atomic mass is 10.1. The van der Waals surface area contributed by atoms with E-state index in [-0.39, 0.29) is 0 Å². The van der Waals surface area contributed by atoms with Gasteiger partial charge in [0.2, 0.25) is 5.65 Å². The standard InChI is InChI=1S/C25H25N7O2/c1-16-13-26-20-11-17(3-5-19(16)20)21-14-32-15-27-30-25(32)24(29-21)28-18-4-6-22(23(12-18)33-2)31-7-9-34-10-8-31/h3-6,11-15,26H,7-10H2,1-2H3,(H,28,29). The molecule has 2 N–H and O–H groups in total. The largest absolute Gasteiger partial charge is 0.495 e. The van der Waals surface area contributed by atoms with E-state index in [2.05, 4.69) is 56.6 Å². The molecular formula is C25H25N7O2. The van der Waals surface area contributed by atoms with E-state index in [0.29, 0.717) is 11.5 Å². The van der Waals surface area contributed by atoms with Crippen molar-refractivity contribution in [3.05, 3.63) is 60.7 Å². The van der Waals surface area contributed by atoms with Gasteiger partial charge in [0, 0.05) is 53.7 Å². The van der Waals surface area contributed by atoms with E-state index in [1.807, 2.05) is 28.9 Å². The Hall–Kier alpha value is -4.11. The molecule has 1 aliphatic rings. The van der Waals surface area contributed by atoms with Gasteiger partial charge in [-0.05, 0) is 30.7 Å². The molecule has 0 atom stereocenters. The maximum absolute atomic E-state index is 5.71. The van der Waals surface area contributed by atoms with Crippen molar-refractivity contribution in [2.75, 3.05) is 43.6 Å². The molecule has 4 heterocycles. The Bertz CT molecular complexity index is 1480. The molecule has 2 aromatic carbocycles. The number of nitrogens with one attached hydrogen (secondary N) is 2. The zero-order valence-electron chi connectivity index (χ0n) is 19.1. The molecule has 5 aromatic rings. The van der Waals surface area contributed by atoms with Crippen molar-refractivity contribution in [1.29, 1.82) is 0 Å². The first-order valence-corrected chi connectivity index (χ1v) is 11.3. The number of hydrogen-bond acceptors (Lipinski definition) is 7. The van der Waals surface area contributed by atoms with Gasteiger partial charge in [-0.25, -0.2) is 4.98 Å². The molecule has 0 saturated carbocycles. The quantitative estimate of drug-likeness (QED) is 0.411. The molecule has 0 aliphatic carbocycles. The van der Waals surface area contributed by atoms with Crippen LogP contribution < -0.4 is 15.0 Å². The van der Waals surface area contributed by atoms with Gasteiger partial charge in [0.1, 0.15) is 12.1 Å². The average Bonchev–Trinajstić information content (AvgIpc) is 3.51. The number of H-pyrrole nitrogens is 1. The maximum atomic E-state index is 5.71. The number of rotatable bonds is 5. The van der Waals surface area contributed by atoms with Gasteiger partial charge in [0.15, 0.2) is 5.82 Å². The minimum absolute atomic E-state index is 0.624. The van der Waals surface area contributed by atoms with E-state index in [0.717, 1.165) is 60.2 Å². The summed E-state index contributed by atoms with van der Waals surface area (Å²) < 4.78 is 13.1. The van der Waals surface area contributed by atoms with Gasteiger partial charge in [0.05, 0.1) is 31.7 Å². The van der Waals surface area contributed by atoms with Crippen molar-refractivity contribution in [1.82, 2.24) is 24.6 Å². The van der Waals surface area contributed by atoms with Crippen molar-refractivity contribution in [2.45, 2.75) is 6.92 Å². The third kappa shape index (κ3) is 3.60. The lowest BCUT2D eigenvalue weighted by Crippen LogP contribution is -2.36. The number of aromatic amines is 1. The summed E-state index contributed by atoms with van der Waals surface area (Å²) in [7, 11) is 1.69. The molecule has 0 unspecified atom stereocenters. The number of morpholine rings is 1. The number of aryl methyl sites for hydroxylation is 1. The van der Waals surface area contributed by atoms with E-state index in [1.54, 1.807) is 13.4 Å². The van der Waals surface area contributed by atoms with E-state index in [4.69, 9.17) is 14.5 Å². The van der Waals surface area contributed by atoms with Gasteiger partial charge < -0.3 is 24.7 Å². The smallest absolute Gasteiger partial charge is 0.203 e. The second-order valence-corrected chi connectivity index (χ2v) is 8.38. The summed E-state index contributed by atoms with van der Waals surface area (Å²) in [6, 6.07) is 12.4. The maximum Gasteiger partial charge on any atom is 0.203 e. The molecule has 1 fully saturated rings. The predicted octanol–water partition coefficient (Wildman–Crippen LogP) is 4.17. The molecule has 9 heteroatoms. The van der Waals surface area contributed by atoms with Crippen LogP contribution in [0.3, 0.4) is 0 Å². The van der Waals surface area contributed by atoms with Crippen LogP contribution >= 0.6 is 0 Å². The highest BCUT2D eigenvalue weighted by Crippen LogP contribution is 2.34. The molecule has 1 saturated heterocycles. The molecule has 9 nitrogen and oxygen atoms in total.